The van der Waals surface area contributed by atoms with E-state index in [4.69, 9.17) is 0 Å². The van der Waals surface area contributed by atoms with E-state index in [0.29, 0.717) is 16.8 Å². The first-order chi connectivity index (χ1) is 21.3. The monoisotopic (exact) mass is 692 g/mol. The SMILES string of the molecule is O=[N+]([O-])c1ccc(Nc2ccc(N=Nc3cccc4ccc(S(=O)(=O)[O-])c(N=Nc5ccc([O-])cc5)c34)cc2)c(S(=O)(=O)O)c1.[Na+].[Na+]. The molecule has 0 amide bonds. The van der Waals surface area contributed by atoms with Crippen molar-refractivity contribution in [1.82, 2.24) is 0 Å². The summed E-state index contributed by atoms with van der Waals surface area (Å²) in [6.07, 6.45) is 0. The number of benzene rings is 5. The fourth-order valence-electron chi connectivity index (χ4n) is 4.15. The van der Waals surface area contributed by atoms with Crippen LogP contribution in [0, 0.1) is 10.1 Å². The van der Waals surface area contributed by atoms with Crippen LogP contribution in [0.15, 0.2) is 127 Å². The Morgan fingerprint density at radius 1 is 0.723 bits per heavy atom. The average Bonchev–Trinajstić information content (AvgIpc) is 2.99. The Morgan fingerprint density at radius 2 is 1.34 bits per heavy atom. The first kappa shape index (κ1) is 37.8. The van der Waals surface area contributed by atoms with Crippen LogP contribution in [0.4, 0.5) is 39.8 Å². The number of rotatable bonds is 9. The van der Waals surface area contributed by atoms with Crippen molar-refractivity contribution >= 4 is 70.8 Å². The Bertz CT molecular complexity index is 2230. The Hall–Kier alpha value is -3.62. The van der Waals surface area contributed by atoms with Crippen molar-refractivity contribution in [1.29, 1.82) is 0 Å². The van der Waals surface area contributed by atoms with Crippen LogP contribution in [0.25, 0.3) is 10.8 Å². The maximum absolute atomic E-state index is 12.1. The molecule has 5 rings (SSSR count). The topological polar surface area (TPSA) is 239 Å². The number of non-ortho nitro benzene ring substituents is 1. The Kier molecular flexibility index (Phi) is 12.5. The van der Waals surface area contributed by atoms with E-state index in [1.165, 1.54) is 60.7 Å². The molecular formula is C28H18N6Na2O9S2. The molecule has 0 aliphatic heterocycles. The summed E-state index contributed by atoms with van der Waals surface area (Å²) in [6.45, 7) is 0. The molecule has 0 aromatic heterocycles. The standard InChI is InChI=1S/C28H20N6O9S2.2Na/c35-22-12-9-20(10-13-22)31-33-28-25(44(38,39)40)15-4-17-2-1-3-24(27(17)28)32-30-19-7-5-18(6-8-19)29-23-14-11-21(34(36)37)16-26(23)45(41,42)43;;/h1-16,29,35H,(H,38,39,40)(H,41,42,43);;/q;2*+1/p-2. The van der Waals surface area contributed by atoms with Gasteiger partial charge in [0.1, 0.15) is 20.7 Å². The fourth-order valence-corrected chi connectivity index (χ4v) is 5.43. The number of nitrogens with zero attached hydrogens (tertiary/aromatic N) is 5. The Balaban J connectivity index is 0.00000300. The molecule has 228 valence electrons. The van der Waals surface area contributed by atoms with Crippen LogP contribution in [0.5, 0.6) is 5.75 Å². The molecule has 5 aromatic rings. The summed E-state index contributed by atoms with van der Waals surface area (Å²) in [4.78, 5) is 8.92. The van der Waals surface area contributed by atoms with Gasteiger partial charge in [-0.15, -0.1) is 16.0 Å². The third-order valence-corrected chi connectivity index (χ3v) is 7.97. The third-order valence-electron chi connectivity index (χ3n) is 6.20. The van der Waals surface area contributed by atoms with Crippen LogP contribution < -0.4 is 69.5 Å². The van der Waals surface area contributed by atoms with Crippen LogP contribution in [-0.4, -0.2) is 30.9 Å². The normalized spacial score (nSPS) is 11.7. The second kappa shape index (κ2) is 15.5. The van der Waals surface area contributed by atoms with Gasteiger partial charge < -0.3 is 15.0 Å². The number of nitro groups is 1. The molecule has 0 bridgehead atoms. The second-order valence-corrected chi connectivity index (χ2v) is 12.0. The van der Waals surface area contributed by atoms with Crippen molar-refractivity contribution in [3.8, 4) is 5.75 Å². The van der Waals surface area contributed by atoms with Gasteiger partial charge >= 0.3 is 59.1 Å². The third kappa shape index (κ3) is 9.26. The van der Waals surface area contributed by atoms with Gasteiger partial charge in [-0.25, -0.2) is 8.42 Å². The number of hydrogen-bond acceptors (Lipinski definition) is 13. The van der Waals surface area contributed by atoms with Gasteiger partial charge in [0.25, 0.3) is 15.8 Å². The fraction of sp³-hybridized carbons (Fsp3) is 0. The smallest absolute Gasteiger partial charge is 0.872 e. The zero-order valence-electron chi connectivity index (χ0n) is 24.5. The molecule has 47 heavy (non-hydrogen) atoms. The molecule has 19 heteroatoms. The van der Waals surface area contributed by atoms with E-state index in [1.807, 2.05) is 0 Å². The minimum Gasteiger partial charge on any atom is -0.872 e. The number of anilines is 2. The quantitative estimate of drug-likeness (QED) is 0.0715. The van der Waals surface area contributed by atoms with Crippen molar-refractivity contribution in [3.05, 3.63) is 107 Å². The van der Waals surface area contributed by atoms with E-state index in [1.54, 1.807) is 12.1 Å². The van der Waals surface area contributed by atoms with Gasteiger partial charge in [-0.1, -0.05) is 30.3 Å². The minimum absolute atomic E-state index is 0. The van der Waals surface area contributed by atoms with Gasteiger partial charge in [-0.2, -0.15) is 18.6 Å². The number of fused-ring (bicyclic) bond motifs is 1. The van der Waals surface area contributed by atoms with Gasteiger partial charge in [0.05, 0.1) is 32.6 Å². The molecule has 0 aliphatic carbocycles. The summed E-state index contributed by atoms with van der Waals surface area (Å²) in [5, 5.41) is 42.3. The molecule has 2 N–H and O–H groups in total. The number of hydrogen-bond donors (Lipinski definition) is 2. The zero-order valence-corrected chi connectivity index (χ0v) is 30.1. The average molecular weight is 693 g/mol. The summed E-state index contributed by atoms with van der Waals surface area (Å²) in [7, 11) is -9.79. The maximum atomic E-state index is 12.1. The van der Waals surface area contributed by atoms with Crippen LogP contribution in [0.1, 0.15) is 0 Å². The van der Waals surface area contributed by atoms with Gasteiger partial charge in [0.15, 0.2) is 0 Å². The summed E-state index contributed by atoms with van der Waals surface area (Å²) < 4.78 is 69.4. The van der Waals surface area contributed by atoms with E-state index < -0.39 is 40.6 Å². The molecule has 0 atom stereocenters. The molecule has 0 saturated heterocycles. The summed E-state index contributed by atoms with van der Waals surface area (Å²) in [5.41, 5.74) is 0.155. The molecule has 0 heterocycles. The Labute approximate surface area is 311 Å². The number of azo groups is 2. The van der Waals surface area contributed by atoms with Crippen LogP contribution in [0.3, 0.4) is 0 Å². The van der Waals surface area contributed by atoms with Crippen molar-refractivity contribution < 1.29 is 95.1 Å². The van der Waals surface area contributed by atoms with E-state index in [2.05, 4.69) is 25.8 Å². The maximum Gasteiger partial charge on any atom is 1.00 e. The molecular weight excluding hydrogens is 674 g/mol. The Morgan fingerprint density at radius 3 is 1.94 bits per heavy atom. The van der Waals surface area contributed by atoms with Crippen molar-refractivity contribution in [2.24, 2.45) is 20.5 Å². The van der Waals surface area contributed by atoms with Crippen LogP contribution >= 0.6 is 0 Å². The van der Waals surface area contributed by atoms with E-state index >= 15 is 0 Å². The summed E-state index contributed by atoms with van der Waals surface area (Å²) >= 11 is 0. The first-order valence-corrected chi connectivity index (χ1v) is 15.4. The van der Waals surface area contributed by atoms with Gasteiger partial charge in [-0.05, 0) is 60.0 Å². The molecule has 0 fully saturated rings. The summed E-state index contributed by atoms with van der Waals surface area (Å²) in [6, 6.07) is 21.6. The molecule has 0 aliphatic rings. The van der Waals surface area contributed by atoms with Crippen LogP contribution in [-0.2, 0) is 20.2 Å². The predicted molar refractivity (Wildman–Crippen MR) is 159 cm³/mol. The summed E-state index contributed by atoms with van der Waals surface area (Å²) in [5.74, 6) is -0.261. The van der Waals surface area contributed by atoms with Crippen molar-refractivity contribution in [2.75, 3.05) is 5.32 Å². The number of nitro benzene ring substituents is 1. The van der Waals surface area contributed by atoms with Gasteiger partial charge in [0.2, 0.25) is 0 Å². The zero-order chi connectivity index (χ0) is 32.4. The van der Waals surface area contributed by atoms with Crippen LogP contribution in [0.2, 0.25) is 0 Å². The van der Waals surface area contributed by atoms with Gasteiger partial charge in [-0.3, -0.25) is 14.7 Å². The first-order valence-electron chi connectivity index (χ1n) is 12.5. The van der Waals surface area contributed by atoms with Gasteiger partial charge in [0, 0.05) is 23.2 Å². The molecule has 0 unspecified atom stereocenters. The van der Waals surface area contributed by atoms with E-state index in [9.17, 15) is 41.2 Å². The predicted octanol–water partition coefficient (Wildman–Crippen LogP) is 0.555. The largest absolute Gasteiger partial charge is 1.00 e. The molecule has 5 aromatic carbocycles. The van der Waals surface area contributed by atoms with E-state index in [-0.39, 0.29) is 93.0 Å². The second-order valence-electron chi connectivity index (χ2n) is 9.22. The molecule has 0 radical (unpaired) electrons. The molecule has 15 nitrogen and oxygen atoms in total. The van der Waals surface area contributed by atoms with E-state index in [0.717, 1.165) is 24.3 Å². The number of nitrogens with one attached hydrogen (secondary N) is 1. The molecule has 0 spiro atoms. The van der Waals surface area contributed by atoms with Crippen molar-refractivity contribution in [3.63, 3.8) is 0 Å². The minimum atomic E-state index is -4.99. The van der Waals surface area contributed by atoms with Crippen molar-refractivity contribution in [2.45, 2.75) is 9.79 Å². The molecule has 0 saturated carbocycles.